The van der Waals surface area contributed by atoms with Gasteiger partial charge in [-0.3, -0.25) is 4.90 Å². The van der Waals surface area contributed by atoms with Crippen molar-refractivity contribution < 1.29 is 9.84 Å². The van der Waals surface area contributed by atoms with Gasteiger partial charge in [0.05, 0.1) is 6.10 Å². The number of likely N-dealkylation sites (tertiary alicyclic amines) is 1. The first-order valence-electron chi connectivity index (χ1n) is 7.75. The molecule has 1 fully saturated rings. The average Bonchev–Trinajstić information content (AvgIpc) is 2.97. The highest BCUT2D eigenvalue weighted by atomic mass is 16.5. The van der Waals surface area contributed by atoms with E-state index in [0.29, 0.717) is 12.5 Å². The van der Waals surface area contributed by atoms with E-state index < -0.39 is 0 Å². The lowest BCUT2D eigenvalue weighted by Crippen LogP contribution is -2.28. The fraction of sp³-hybridized carbons (Fsp3) is 0.444. The van der Waals surface area contributed by atoms with Crippen molar-refractivity contribution in [1.82, 2.24) is 4.90 Å². The van der Waals surface area contributed by atoms with Crippen LogP contribution in [0.2, 0.25) is 0 Å². The molecule has 2 unspecified atom stereocenters. The minimum absolute atomic E-state index is 0.200. The summed E-state index contributed by atoms with van der Waals surface area (Å²) in [7, 11) is 0. The Morgan fingerprint density at radius 2 is 2.05 bits per heavy atom. The summed E-state index contributed by atoms with van der Waals surface area (Å²) in [6.45, 7) is 5.55. The van der Waals surface area contributed by atoms with E-state index in [2.05, 4.69) is 23.1 Å². The van der Waals surface area contributed by atoms with Crippen LogP contribution in [-0.4, -0.2) is 42.4 Å². The molecule has 1 aliphatic rings. The van der Waals surface area contributed by atoms with Crippen molar-refractivity contribution in [1.29, 1.82) is 0 Å². The maximum Gasteiger partial charge on any atom is 0.127 e. The molecule has 0 radical (unpaired) electrons. The average molecular weight is 285 g/mol. The van der Waals surface area contributed by atoms with Crippen LogP contribution in [0, 0.1) is 5.92 Å². The number of fused-ring (bicyclic) bond motifs is 1. The number of nitrogens with zero attached hydrogens (tertiary/aromatic N) is 1. The van der Waals surface area contributed by atoms with Gasteiger partial charge in [-0.05, 0) is 37.3 Å². The van der Waals surface area contributed by atoms with E-state index in [4.69, 9.17) is 4.74 Å². The molecule has 3 nitrogen and oxygen atoms in total. The topological polar surface area (TPSA) is 32.7 Å². The first kappa shape index (κ1) is 14.4. The molecule has 21 heavy (non-hydrogen) atoms. The first-order valence-corrected chi connectivity index (χ1v) is 7.75. The van der Waals surface area contributed by atoms with Gasteiger partial charge in [0, 0.05) is 18.5 Å². The molecule has 2 atom stereocenters. The highest BCUT2D eigenvalue weighted by Crippen LogP contribution is 2.25. The minimum atomic E-state index is -0.200. The maximum atomic E-state index is 9.63. The Kier molecular flexibility index (Phi) is 4.42. The number of benzene rings is 2. The highest BCUT2D eigenvalue weighted by molar-refractivity contribution is 5.88. The molecule has 0 aromatic heterocycles. The van der Waals surface area contributed by atoms with Crippen molar-refractivity contribution in [3.8, 4) is 5.75 Å². The molecular formula is C18H23NO2. The first-order chi connectivity index (χ1) is 10.2. The third-order valence-electron chi connectivity index (χ3n) is 4.41. The van der Waals surface area contributed by atoms with E-state index >= 15 is 0 Å². The number of aliphatic hydroxyl groups excluding tert-OH is 1. The number of hydrogen-bond donors (Lipinski definition) is 1. The van der Waals surface area contributed by atoms with Crippen LogP contribution in [0.15, 0.2) is 42.5 Å². The van der Waals surface area contributed by atoms with E-state index in [9.17, 15) is 5.11 Å². The Bertz CT molecular complexity index is 591. The van der Waals surface area contributed by atoms with Gasteiger partial charge in [0.2, 0.25) is 0 Å². The monoisotopic (exact) mass is 285 g/mol. The molecular weight excluding hydrogens is 262 g/mol. The Hall–Kier alpha value is -1.58. The summed E-state index contributed by atoms with van der Waals surface area (Å²) in [6, 6.07) is 14.5. The van der Waals surface area contributed by atoms with Crippen molar-refractivity contribution in [3.63, 3.8) is 0 Å². The third kappa shape index (κ3) is 3.36. The second-order valence-electron chi connectivity index (χ2n) is 5.92. The second kappa shape index (κ2) is 6.46. The largest absolute Gasteiger partial charge is 0.492 e. The normalized spacial score (nSPS) is 20.8. The molecule has 0 bridgehead atoms. The standard InChI is InChI=1S/C18H23NO2/c1-14(20)16-9-10-19(13-16)11-12-21-18-8-4-6-15-5-2-3-7-17(15)18/h2-8,14,16,20H,9-13H2,1H3. The van der Waals surface area contributed by atoms with Crippen molar-refractivity contribution in [2.45, 2.75) is 19.4 Å². The molecule has 1 N–H and O–H groups in total. The molecule has 0 saturated carbocycles. The predicted octanol–water partition coefficient (Wildman–Crippen LogP) is 2.92. The SMILES string of the molecule is CC(O)C1CCN(CCOc2cccc3ccccc23)C1. The van der Waals surface area contributed by atoms with Gasteiger partial charge in [0.15, 0.2) is 0 Å². The lowest BCUT2D eigenvalue weighted by Gasteiger charge is -2.18. The Morgan fingerprint density at radius 1 is 1.24 bits per heavy atom. The van der Waals surface area contributed by atoms with Crippen LogP contribution in [0.4, 0.5) is 0 Å². The Morgan fingerprint density at radius 3 is 2.86 bits per heavy atom. The zero-order valence-electron chi connectivity index (χ0n) is 12.5. The summed E-state index contributed by atoms with van der Waals surface area (Å²) in [5.41, 5.74) is 0. The third-order valence-corrected chi connectivity index (χ3v) is 4.41. The molecule has 112 valence electrons. The zero-order valence-corrected chi connectivity index (χ0v) is 12.5. The van der Waals surface area contributed by atoms with Crippen molar-refractivity contribution in [2.24, 2.45) is 5.92 Å². The molecule has 1 heterocycles. The summed E-state index contributed by atoms with van der Waals surface area (Å²) >= 11 is 0. The molecule has 0 aliphatic carbocycles. The summed E-state index contributed by atoms with van der Waals surface area (Å²) in [5.74, 6) is 1.38. The van der Waals surface area contributed by atoms with E-state index in [1.165, 1.54) is 10.8 Å². The van der Waals surface area contributed by atoms with Gasteiger partial charge in [-0.2, -0.15) is 0 Å². The van der Waals surface area contributed by atoms with Gasteiger partial charge in [0.1, 0.15) is 12.4 Å². The van der Waals surface area contributed by atoms with Crippen LogP contribution in [-0.2, 0) is 0 Å². The second-order valence-corrected chi connectivity index (χ2v) is 5.92. The van der Waals surface area contributed by atoms with E-state index in [-0.39, 0.29) is 6.10 Å². The molecule has 0 spiro atoms. The predicted molar refractivity (Wildman–Crippen MR) is 85.7 cm³/mol. The molecule has 3 heteroatoms. The van der Waals surface area contributed by atoms with Crippen LogP contribution in [0.1, 0.15) is 13.3 Å². The summed E-state index contributed by atoms with van der Waals surface area (Å²) in [4.78, 5) is 2.38. The summed E-state index contributed by atoms with van der Waals surface area (Å²) < 4.78 is 5.97. The lowest BCUT2D eigenvalue weighted by molar-refractivity contribution is 0.125. The van der Waals surface area contributed by atoms with Gasteiger partial charge >= 0.3 is 0 Å². The van der Waals surface area contributed by atoms with Crippen LogP contribution < -0.4 is 4.74 Å². The van der Waals surface area contributed by atoms with Gasteiger partial charge in [0.25, 0.3) is 0 Å². The summed E-state index contributed by atoms with van der Waals surface area (Å²) in [6.07, 6.45) is 0.889. The van der Waals surface area contributed by atoms with Crippen LogP contribution in [0.3, 0.4) is 0 Å². The van der Waals surface area contributed by atoms with Crippen molar-refractivity contribution in [2.75, 3.05) is 26.2 Å². The van der Waals surface area contributed by atoms with E-state index in [1.807, 2.05) is 31.2 Å². The zero-order chi connectivity index (χ0) is 14.7. The quantitative estimate of drug-likeness (QED) is 0.917. The number of rotatable bonds is 5. The number of hydrogen-bond acceptors (Lipinski definition) is 3. The van der Waals surface area contributed by atoms with Gasteiger partial charge < -0.3 is 9.84 Å². The molecule has 2 aromatic rings. The van der Waals surface area contributed by atoms with Gasteiger partial charge in [-0.25, -0.2) is 0 Å². The smallest absolute Gasteiger partial charge is 0.127 e. The van der Waals surface area contributed by atoms with Crippen LogP contribution in [0.25, 0.3) is 10.8 Å². The number of aliphatic hydroxyl groups is 1. The van der Waals surface area contributed by atoms with Gasteiger partial charge in [-0.15, -0.1) is 0 Å². The van der Waals surface area contributed by atoms with Crippen molar-refractivity contribution >= 4 is 10.8 Å². The van der Waals surface area contributed by atoms with Crippen LogP contribution in [0.5, 0.6) is 5.75 Å². The molecule has 3 rings (SSSR count). The van der Waals surface area contributed by atoms with Crippen LogP contribution >= 0.6 is 0 Å². The Labute approximate surface area is 126 Å². The maximum absolute atomic E-state index is 9.63. The van der Waals surface area contributed by atoms with E-state index in [0.717, 1.165) is 31.8 Å². The lowest BCUT2D eigenvalue weighted by atomic mass is 10.0. The molecule has 1 aliphatic heterocycles. The van der Waals surface area contributed by atoms with E-state index in [1.54, 1.807) is 0 Å². The fourth-order valence-corrected chi connectivity index (χ4v) is 3.07. The number of ether oxygens (including phenoxy) is 1. The molecule has 1 saturated heterocycles. The van der Waals surface area contributed by atoms with Gasteiger partial charge in [-0.1, -0.05) is 36.4 Å². The Balaban J connectivity index is 1.56. The minimum Gasteiger partial charge on any atom is -0.492 e. The molecule has 2 aromatic carbocycles. The summed E-state index contributed by atoms with van der Waals surface area (Å²) in [5, 5.41) is 12.0. The highest BCUT2D eigenvalue weighted by Gasteiger charge is 2.25. The molecule has 0 amide bonds. The fourth-order valence-electron chi connectivity index (χ4n) is 3.07. The van der Waals surface area contributed by atoms with Crippen molar-refractivity contribution in [3.05, 3.63) is 42.5 Å².